The van der Waals surface area contributed by atoms with Gasteiger partial charge in [0.2, 0.25) is 5.95 Å². The van der Waals surface area contributed by atoms with Crippen LogP contribution >= 0.6 is 27.5 Å². The lowest BCUT2D eigenvalue weighted by atomic mass is 10.0. The zero-order valence-electron chi connectivity index (χ0n) is 16.4. The first-order valence-corrected chi connectivity index (χ1v) is 11.1. The second-order valence-corrected chi connectivity index (χ2v) is 9.16. The number of hydrogen-bond donors (Lipinski definition) is 0. The molecule has 152 valence electrons. The summed E-state index contributed by atoms with van der Waals surface area (Å²) in [7, 11) is 4.25. The Morgan fingerprint density at radius 3 is 2.39 bits per heavy atom. The van der Waals surface area contributed by atoms with Crippen molar-refractivity contribution in [3.63, 3.8) is 0 Å². The summed E-state index contributed by atoms with van der Waals surface area (Å²) in [5.74, 6) is 1.02. The molecule has 2 fully saturated rings. The van der Waals surface area contributed by atoms with Gasteiger partial charge in [0.25, 0.3) is 0 Å². The van der Waals surface area contributed by atoms with Crippen molar-refractivity contribution in [3.8, 4) is 0 Å². The largest absolute Gasteiger partial charge is 0.356 e. The van der Waals surface area contributed by atoms with Crippen molar-refractivity contribution in [2.45, 2.75) is 38.1 Å². The molecule has 8 heteroatoms. The molecule has 0 radical (unpaired) electrons. The van der Waals surface area contributed by atoms with Gasteiger partial charge in [0.05, 0.1) is 9.50 Å². The third-order valence-electron chi connectivity index (χ3n) is 5.93. The minimum absolute atomic E-state index is 0.266. The number of anilines is 2. The van der Waals surface area contributed by atoms with E-state index < -0.39 is 5.82 Å². The molecule has 0 atom stereocenters. The minimum atomic E-state index is -0.410. The molecule has 0 spiro atoms. The molecule has 0 unspecified atom stereocenters. The van der Waals surface area contributed by atoms with Gasteiger partial charge in [0.15, 0.2) is 5.82 Å². The number of rotatable bonds is 3. The molecular formula is C20H26BrClFN5. The first-order valence-electron chi connectivity index (χ1n) is 9.97. The lowest BCUT2D eigenvalue weighted by Crippen LogP contribution is -2.42. The van der Waals surface area contributed by atoms with Gasteiger partial charge in [-0.2, -0.15) is 4.98 Å². The fourth-order valence-electron chi connectivity index (χ4n) is 4.22. The van der Waals surface area contributed by atoms with Crippen LogP contribution in [0, 0.1) is 5.82 Å². The zero-order chi connectivity index (χ0) is 19.8. The monoisotopic (exact) mass is 469 g/mol. The number of piperidine rings is 2. The lowest BCUT2D eigenvalue weighted by molar-refractivity contribution is 0.249. The van der Waals surface area contributed by atoms with Crippen LogP contribution in [0.5, 0.6) is 0 Å². The van der Waals surface area contributed by atoms with Crippen LogP contribution in [0.1, 0.15) is 32.1 Å². The zero-order valence-corrected chi connectivity index (χ0v) is 18.7. The fourth-order valence-corrected chi connectivity index (χ4v) is 4.71. The average Bonchev–Trinajstić information content (AvgIpc) is 2.72. The summed E-state index contributed by atoms with van der Waals surface area (Å²) in [6, 6.07) is 2.36. The Morgan fingerprint density at radius 1 is 1.07 bits per heavy atom. The highest BCUT2D eigenvalue weighted by Gasteiger charge is 2.26. The number of nitrogens with zero attached hydrogens (tertiary/aromatic N) is 5. The molecule has 2 aliphatic rings. The predicted molar refractivity (Wildman–Crippen MR) is 117 cm³/mol. The average molecular weight is 471 g/mol. The fraction of sp³-hybridized carbons (Fsp3) is 0.600. The topological polar surface area (TPSA) is 35.5 Å². The number of hydrogen-bond acceptors (Lipinski definition) is 5. The molecule has 0 aliphatic carbocycles. The molecule has 5 nitrogen and oxygen atoms in total. The second kappa shape index (κ2) is 8.28. The summed E-state index contributed by atoms with van der Waals surface area (Å²) in [6.45, 7) is 3.63. The number of halogens is 3. The Kier molecular flexibility index (Phi) is 5.95. The van der Waals surface area contributed by atoms with E-state index in [1.807, 2.05) is 0 Å². The SMILES string of the molecule is CN(C)C1CCN(c2nc(N3CCCCC3)c3cc(Cl)c(Br)c(F)c3n2)CC1. The van der Waals surface area contributed by atoms with Gasteiger partial charge in [-0.05, 0) is 68.2 Å². The summed E-state index contributed by atoms with van der Waals surface area (Å²) in [6.07, 6.45) is 5.59. The predicted octanol–water partition coefficient (Wildman–Crippen LogP) is 4.71. The Balaban J connectivity index is 1.77. The van der Waals surface area contributed by atoms with Gasteiger partial charge in [-0.1, -0.05) is 11.6 Å². The molecule has 0 N–H and O–H groups in total. The highest BCUT2D eigenvalue weighted by molar-refractivity contribution is 9.10. The molecule has 28 heavy (non-hydrogen) atoms. The van der Waals surface area contributed by atoms with Gasteiger partial charge < -0.3 is 14.7 Å². The van der Waals surface area contributed by atoms with E-state index in [0.717, 1.165) is 57.7 Å². The van der Waals surface area contributed by atoms with Gasteiger partial charge in [-0.3, -0.25) is 0 Å². The van der Waals surface area contributed by atoms with E-state index in [2.05, 4.69) is 49.7 Å². The normalized spacial score (nSPS) is 19.1. The van der Waals surface area contributed by atoms with Crippen LogP contribution in [-0.4, -0.2) is 61.2 Å². The van der Waals surface area contributed by atoms with Crippen LogP contribution in [0.25, 0.3) is 10.9 Å². The highest BCUT2D eigenvalue weighted by atomic mass is 79.9. The van der Waals surface area contributed by atoms with E-state index in [4.69, 9.17) is 16.6 Å². The molecule has 1 aromatic heterocycles. The van der Waals surface area contributed by atoms with Gasteiger partial charge in [0, 0.05) is 37.6 Å². The van der Waals surface area contributed by atoms with Crippen LogP contribution in [0.4, 0.5) is 16.2 Å². The highest BCUT2D eigenvalue weighted by Crippen LogP contribution is 2.37. The lowest BCUT2D eigenvalue weighted by Gasteiger charge is -2.36. The molecule has 2 aliphatic heterocycles. The molecule has 2 saturated heterocycles. The van der Waals surface area contributed by atoms with Crippen molar-refractivity contribution >= 4 is 50.2 Å². The maximum absolute atomic E-state index is 15.1. The smallest absolute Gasteiger partial charge is 0.228 e. The third kappa shape index (κ3) is 3.81. The Hall–Kier alpha value is -1.18. The molecule has 1 aromatic carbocycles. The molecule has 0 bridgehead atoms. The third-order valence-corrected chi connectivity index (χ3v) is 7.23. The second-order valence-electron chi connectivity index (χ2n) is 7.96. The van der Waals surface area contributed by atoms with Crippen LogP contribution in [-0.2, 0) is 0 Å². The quantitative estimate of drug-likeness (QED) is 0.607. The van der Waals surface area contributed by atoms with Crippen molar-refractivity contribution in [2.24, 2.45) is 0 Å². The number of benzene rings is 1. The molecule has 2 aromatic rings. The molecule has 4 rings (SSSR count). The summed E-state index contributed by atoms with van der Waals surface area (Å²) < 4.78 is 15.3. The van der Waals surface area contributed by atoms with Crippen LogP contribution in [0.2, 0.25) is 5.02 Å². The van der Waals surface area contributed by atoms with E-state index in [9.17, 15) is 0 Å². The van der Waals surface area contributed by atoms with Gasteiger partial charge in [-0.15, -0.1) is 0 Å². The number of aromatic nitrogens is 2. The van der Waals surface area contributed by atoms with Gasteiger partial charge in [-0.25, -0.2) is 9.37 Å². The standard InChI is InChI=1S/C20H26BrClFN5/c1-26(2)13-6-10-28(11-7-13)20-24-18-14(12-15(22)16(21)17(18)23)19(25-20)27-8-4-3-5-9-27/h12-13H,3-11H2,1-2H3. The Labute approximate surface area is 179 Å². The Morgan fingerprint density at radius 2 is 1.75 bits per heavy atom. The van der Waals surface area contributed by atoms with E-state index in [0.29, 0.717) is 27.9 Å². The van der Waals surface area contributed by atoms with Gasteiger partial charge >= 0.3 is 0 Å². The van der Waals surface area contributed by atoms with E-state index in [1.165, 1.54) is 6.42 Å². The van der Waals surface area contributed by atoms with E-state index in [1.54, 1.807) is 6.07 Å². The summed E-state index contributed by atoms with van der Waals surface area (Å²) in [5.41, 5.74) is 0.344. The maximum Gasteiger partial charge on any atom is 0.228 e. The van der Waals surface area contributed by atoms with Gasteiger partial charge in [0.1, 0.15) is 11.3 Å². The molecule has 0 amide bonds. The maximum atomic E-state index is 15.1. The molecule has 3 heterocycles. The summed E-state index contributed by atoms with van der Waals surface area (Å²) in [4.78, 5) is 16.3. The van der Waals surface area contributed by atoms with E-state index in [-0.39, 0.29) is 4.47 Å². The van der Waals surface area contributed by atoms with Crippen molar-refractivity contribution in [2.75, 3.05) is 50.1 Å². The van der Waals surface area contributed by atoms with Crippen molar-refractivity contribution in [1.29, 1.82) is 0 Å². The first-order chi connectivity index (χ1) is 13.5. The summed E-state index contributed by atoms with van der Waals surface area (Å²) >= 11 is 9.53. The van der Waals surface area contributed by atoms with Crippen LogP contribution in [0.15, 0.2) is 10.5 Å². The minimum Gasteiger partial charge on any atom is -0.356 e. The van der Waals surface area contributed by atoms with Crippen molar-refractivity contribution < 1.29 is 4.39 Å². The van der Waals surface area contributed by atoms with Crippen molar-refractivity contribution in [1.82, 2.24) is 14.9 Å². The molecular weight excluding hydrogens is 445 g/mol. The Bertz CT molecular complexity index is 864. The van der Waals surface area contributed by atoms with Crippen LogP contribution < -0.4 is 9.80 Å². The molecule has 0 saturated carbocycles. The van der Waals surface area contributed by atoms with Crippen LogP contribution in [0.3, 0.4) is 0 Å². The van der Waals surface area contributed by atoms with E-state index >= 15 is 4.39 Å². The number of fused-ring (bicyclic) bond motifs is 1. The summed E-state index contributed by atoms with van der Waals surface area (Å²) in [5, 5.41) is 1.05. The van der Waals surface area contributed by atoms with Crippen molar-refractivity contribution in [3.05, 3.63) is 21.4 Å². The first kappa shape index (κ1) is 20.1.